The molecule has 33 heavy (non-hydrogen) atoms. The highest BCUT2D eigenvalue weighted by Gasteiger charge is 2.19. The maximum Gasteiger partial charge on any atom is 0.159 e. The number of hydrogen-bond donors (Lipinski definition) is 0. The molecule has 2 heterocycles. The molecule has 2 aromatic heterocycles. The Hall–Kier alpha value is -4.50. The molecule has 0 aliphatic heterocycles. The van der Waals surface area contributed by atoms with Crippen LogP contribution < -0.4 is 0 Å². The van der Waals surface area contributed by atoms with Crippen molar-refractivity contribution < 1.29 is 4.42 Å². The Labute approximate surface area is 192 Å². The van der Waals surface area contributed by atoms with Crippen molar-refractivity contribution in [2.75, 3.05) is 0 Å². The topological polar surface area (TPSA) is 38.9 Å². The zero-order chi connectivity index (χ0) is 22.0. The highest BCUT2D eigenvalue weighted by Crippen LogP contribution is 2.42. The summed E-state index contributed by atoms with van der Waals surface area (Å²) >= 11 is 0. The van der Waals surface area contributed by atoms with Crippen LogP contribution in [0.5, 0.6) is 0 Å². The van der Waals surface area contributed by atoms with Crippen LogP contribution in [-0.4, -0.2) is 9.97 Å². The molecule has 0 amide bonds. The average Bonchev–Trinajstić information content (AvgIpc) is 3.29. The Morgan fingerprint density at radius 3 is 1.61 bits per heavy atom. The molecule has 0 saturated heterocycles. The van der Waals surface area contributed by atoms with Gasteiger partial charge in [0.2, 0.25) is 0 Å². The van der Waals surface area contributed by atoms with Gasteiger partial charge in [0.05, 0.1) is 5.56 Å². The molecule has 0 fully saturated rings. The lowest BCUT2D eigenvalue weighted by Crippen LogP contribution is -1.89. The lowest BCUT2D eigenvalue weighted by atomic mass is 9.96. The second-order valence-corrected chi connectivity index (χ2v) is 7.88. The van der Waals surface area contributed by atoms with Crippen LogP contribution in [0.15, 0.2) is 126 Å². The highest BCUT2D eigenvalue weighted by molar-refractivity contribution is 6.04. The van der Waals surface area contributed by atoms with Crippen molar-refractivity contribution in [3.05, 3.63) is 122 Å². The van der Waals surface area contributed by atoms with E-state index in [1.165, 1.54) is 0 Å². The van der Waals surface area contributed by atoms with Crippen LogP contribution in [0, 0.1) is 0 Å². The zero-order valence-corrected chi connectivity index (χ0v) is 17.8. The van der Waals surface area contributed by atoms with Crippen molar-refractivity contribution in [1.82, 2.24) is 9.97 Å². The van der Waals surface area contributed by atoms with Crippen molar-refractivity contribution in [1.29, 1.82) is 0 Å². The number of aromatic nitrogens is 2. The van der Waals surface area contributed by atoms with Crippen LogP contribution in [-0.2, 0) is 0 Å². The molecule has 0 bridgehead atoms. The van der Waals surface area contributed by atoms with Crippen LogP contribution >= 0.6 is 0 Å². The van der Waals surface area contributed by atoms with E-state index in [1.54, 1.807) is 0 Å². The predicted molar refractivity (Wildman–Crippen MR) is 134 cm³/mol. The van der Waals surface area contributed by atoms with Gasteiger partial charge < -0.3 is 4.42 Å². The molecular weight excluding hydrogens is 404 g/mol. The summed E-state index contributed by atoms with van der Waals surface area (Å²) in [6.07, 6.45) is 3.68. The van der Waals surface area contributed by atoms with Crippen molar-refractivity contribution >= 4 is 10.8 Å². The fraction of sp³-hybridized carbons (Fsp3) is 0. The molecule has 0 spiro atoms. The molecule has 3 nitrogen and oxygen atoms in total. The van der Waals surface area contributed by atoms with Gasteiger partial charge in [-0.1, -0.05) is 109 Å². The van der Waals surface area contributed by atoms with Crippen LogP contribution in [0.2, 0.25) is 0 Å². The second kappa shape index (κ2) is 8.21. The van der Waals surface area contributed by atoms with Gasteiger partial charge in [-0.05, 0) is 11.1 Å². The van der Waals surface area contributed by atoms with Crippen LogP contribution in [0.25, 0.3) is 55.9 Å². The molecule has 0 radical (unpaired) electrons. The van der Waals surface area contributed by atoms with Gasteiger partial charge in [-0.2, -0.15) is 0 Å². The van der Waals surface area contributed by atoms with Crippen molar-refractivity contribution in [3.63, 3.8) is 0 Å². The van der Waals surface area contributed by atoms with E-state index in [1.807, 2.05) is 60.9 Å². The molecule has 6 rings (SSSR count). The van der Waals surface area contributed by atoms with Gasteiger partial charge in [-0.15, -0.1) is 0 Å². The summed E-state index contributed by atoms with van der Waals surface area (Å²) in [7, 11) is 0. The maximum absolute atomic E-state index is 6.57. The summed E-state index contributed by atoms with van der Waals surface area (Å²) in [4.78, 5) is 9.22. The number of hydrogen-bond acceptors (Lipinski definition) is 3. The van der Waals surface area contributed by atoms with Crippen LogP contribution in [0.1, 0.15) is 0 Å². The van der Waals surface area contributed by atoms with Crippen LogP contribution in [0.3, 0.4) is 0 Å². The van der Waals surface area contributed by atoms with E-state index in [4.69, 9.17) is 4.42 Å². The molecule has 0 aliphatic carbocycles. The van der Waals surface area contributed by atoms with E-state index in [-0.39, 0.29) is 0 Å². The Morgan fingerprint density at radius 1 is 0.424 bits per heavy atom. The second-order valence-electron chi connectivity index (χ2n) is 7.88. The van der Waals surface area contributed by atoms with Crippen LogP contribution in [0.4, 0.5) is 0 Å². The van der Waals surface area contributed by atoms with Crippen molar-refractivity contribution in [2.45, 2.75) is 0 Å². The van der Waals surface area contributed by atoms with Crippen molar-refractivity contribution in [3.8, 4) is 45.2 Å². The first kappa shape index (κ1) is 19.2. The maximum atomic E-state index is 6.57. The molecule has 156 valence electrons. The van der Waals surface area contributed by atoms with E-state index in [0.29, 0.717) is 5.82 Å². The molecule has 0 saturated carbocycles. The number of nitrogens with zero attached hydrogens (tertiary/aromatic N) is 2. The average molecular weight is 425 g/mol. The van der Waals surface area contributed by atoms with E-state index in [2.05, 4.69) is 70.6 Å². The molecule has 0 atom stereocenters. The quantitative estimate of drug-likeness (QED) is 0.289. The Kier molecular flexibility index (Phi) is 4.78. The van der Waals surface area contributed by atoms with E-state index >= 15 is 0 Å². The summed E-state index contributed by atoms with van der Waals surface area (Å²) in [6.45, 7) is 0. The standard InChI is InChI=1S/C30H20N2O/c1-3-11-21(12-4-1)24-15-7-8-16-25(24)29-27-18-10-9-17-26(27)28(33-29)23-19-31-30(32-20-23)22-13-5-2-6-14-22/h1-20H. The number of fused-ring (bicyclic) bond motifs is 1. The lowest BCUT2D eigenvalue weighted by Gasteiger charge is -2.08. The monoisotopic (exact) mass is 424 g/mol. The third-order valence-electron chi connectivity index (χ3n) is 5.82. The molecule has 3 heteroatoms. The number of rotatable bonds is 4. The summed E-state index contributed by atoms with van der Waals surface area (Å²) in [6, 6.07) is 37.0. The van der Waals surface area contributed by atoms with Crippen molar-refractivity contribution in [2.24, 2.45) is 0 Å². The van der Waals surface area contributed by atoms with Gasteiger partial charge in [-0.3, -0.25) is 0 Å². The fourth-order valence-electron chi connectivity index (χ4n) is 4.24. The minimum Gasteiger partial charge on any atom is -0.455 e. The molecule has 0 aliphatic rings. The first-order chi connectivity index (χ1) is 16.4. The van der Waals surface area contributed by atoms with E-state index < -0.39 is 0 Å². The third-order valence-corrected chi connectivity index (χ3v) is 5.82. The minimum absolute atomic E-state index is 0.699. The molecule has 0 N–H and O–H groups in total. The highest BCUT2D eigenvalue weighted by atomic mass is 16.3. The summed E-state index contributed by atoms with van der Waals surface area (Å²) in [5, 5.41) is 2.12. The first-order valence-electron chi connectivity index (χ1n) is 10.9. The summed E-state index contributed by atoms with van der Waals surface area (Å²) < 4.78 is 6.57. The predicted octanol–water partition coefficient (Wildman–Crippen LogP) is 7.89. The molecule has 0 unspecified atom stereocenters. The Bertz CT molecular complexity index is 1540. The number of benzene rings is 4. The SMILES string of the molecule is c1ccc(-c2ncc(-c3oc(-c4ccccc4-c4ccccc4)c4ccccc34)cn2)cc1. The van der Waals surface area contributed by atoms with E-state index in [0.717, 1.165) is 50.1 Å². The van der Waals surface area contributed by atoms with Gasteiger partial charge >= 0.3 is 0 Å². The zero-order valence-electron chi connectivity index (χ0n) is 17.8. The van der Waals surface area contributed by atoms with E-state index in [9.17, 15) is 0 Å². The molecule has 4 aromatic carbocycles. The Morgan fingerprint density at radius 2 is 0.939 bits per heavy atom. The fourth-order valence-corrected chi connectivity index (χ4v) is 4.24. The molecular formula is C30H20N2O. The molecule has 6 aromatic rings. The van der Waals surface area contributed by atoms with Gasteiger partial charge in [0.1, 0.15) is 11.5 Å². The minimum atomic E-state index is 0.699. The van der Waals surface area contributed by atoms with Gasteiger partial charge in [0.25, 0.3) is 0 Å². The first-order valence-corrected chi connectivity index (χ1v) is 10.9. The largest absolute Gasteiger partial charge is 0.455 e. The third kappa shape index (κ3) is 3.50. The van der Waals surface area contributed by atoms with Gasteiger partial charge in [0.15, 0.2) is 5.82 Å². The summed E-state index contributed by atoms with van der Waals surface area (Å²) in [5.74, 6) is 2.33. The summed E-state index contributed by atoms with van der Waals surface area (Å²) in [5.41, 5.74) is 5.21. The normalized spacial score (nSPS) is 11.0. The van der Waals surface area contributed by atoms with Gasteiger partial charge in [0, 0.05) is 34.3 Å². The smallest absolute Gasteiger partial charge is 0.159 e. The van der Waals surface area contributed by atoms with Gasteiger partial charge in [-0.25, -0.2) is 9.97 Å². The number of furan rings is 1. The lowest BCUT2D eigenvalue weighted by molar-refractivity contribution is 0.601. The Balaban J connectivity index is 1.50.